The zero-order chi connectivity index (χ0) is 34.2. The van der Waals surface area contributed by atoms with Crippen LogP contribution in [0.5, 0.6) is 11.5 Å². The van der Waals surface area contributed by atoms with Gasteiger partial charge in [0.25, 0.3) is 0 Å². The van der Waals surface area contributed by atoms with Gasteiger partial charge in [0, 0.05) is 42.3 Å². The van der Waals surface area contributed by atoms with Crippen molar-refractivity contribution in [1.29, 1.82) is 0 Å². The molecule has 0 saturated heterocycles. The second-order valence-electron chi connectivity index (χ2n) is 13.3. The first-order valence-electron chi connectivity index (χ1n) is 17.6. The molecule has 11 aromatic rings. The highest BCUT2D eigenvalue weighted by atomic mass is 32.1. The van der Waals surface area contributed by atoms with Crippen LogP contribution < -0.4 is 4.74 Å². The molecule has 3 heterocycles. The minimum absolute atomic E-state index is 0.836. The second-order valence-corrected chi connectivity index (χ2v) is 14.4. The van der Waals surface area contributed by atoms with Crippen molar-refractivity contribution in [2.24, 2.45) is 0 Å². The van der Waals surface area contributed by atoms with E-state index in [4.69, 9.17) is 4.74 Å². The molecule has 244 valence electrons. The van der Waals surface area contributed by atoms with Gasteiger partial charge in [-0.3, -0.25) is 0 Å². The number of benzene rings is 8. The summed E-state index contributed by atoms with van der Waals surface area (Å²) in [5.41, 5.74) is 9.16. The summed E-state index contributed by atoms with van der Waals surface area (Å²) in [4.78, 5) is 0. The van der Waals surface area contributed by atoms with Crippen molar-refractivity contribution < 1.29 is 4.74 Å². The highest BCUT2D eigenvalue weighted by Gasteiger charge is 2.20. The number of nitrogens with zero attached hydrogens (tertiary/aromatic N) is 2. The molecule has 0 aliphatic rings. The number of ether oxygens (including phenoxy) is 1. The quantitative estimate of drug-likeness (QED) is 0.177. The summed E-state index contributed by atoms with van der Waals surface area (Å²) < 4.78 is 14.4. The Morgan fingerprint density at radius 3 is 1.58 bits per heavy atom. The molecule has 0 bridgehead atoms. The van der Waals surface area contributed by atoms with E-state index in [-0.39, 0.29) is 0 Å². The summed E-state index contributed by atoms with van der Waals surface area (Å²) in [5, 5.41) is 7.14. The Bertz CT molecular complexity index is 3160. The zero-order valence-corrected chi connectivity index (χ0v) is 28.8. The number of rotatable bonds is 5. The highest BCUT2D eigenvalue weighted by molar-refractivity contribution is 7.25. The van der Waals surface area contributed by atoms with Crippen molar-refractivity contribution in [1.82, 2.24) is 9.13 Å². The molecule has 0 aliphatic heterocycles. The van der Waals surface area contributed by atoms with Gasteiger partial charge in [-0.15, -0.1) is 11.3 Å². The summed E-state index contributed by atoms with van der Waals surface area (Å²) in [6, 6.07) is 65.1. The van der Waals surface area contributed by atoms with Crippen LogP contribution in [0.1, 0.15) is 0 Å². The fourth-order valence-electron chi connectivity index (χ4n) is 8.12. The molecular weight excluding hydrogens is 653 g/mol. The van der Waals surface area contributed by atoms with Gasteiger partial charge in [0.2, 0.25) is 0 Å². The summed E-state index contributed by atoms with van der Waals surface area (Å²) in [6.45, 7) is 0. The maximum atomic E-state index is 7.06. The van der Waals surface area contributed by atoms with Crippen molar-refractivity contribution >= 4 is 75.1 Å². The van der Waals surface area contributed by atoms with Crippen LogP contribution in [0, 0.1) is 0 Å². The topological polar surface area (TPSA) is 19.1 Å². The predicted molar refractivity (Wildman–Crippen MR) is 220 cm³/mol. The smallest absolute Gasteiger partial charge is 0.137 e. The molecule has 3 nitrogen and oxygen atoms in total. The Labute approximate surface area is 303 Å². The molecule has 8 aromatic carbocycles. The van der Waals surface area contributed by atoms with Crippen LogP contribution in [-0.4, -0.2) is 9.13 Å². The molecule has 0 amide bonds. The average Bonchev–Trinajstić information content (AvgIpc) is 3.86. The predicted octanol–water partition coefficient (Wildman–Crippen LogP) is 13.7. The van der Waals surface area contributed by atoms with Gasteiger partial charge < -0.3 is 13.9 Å². The van der Waals surface area contributed by atoms with E-state index >= 15 is 0 Å². The Hall–Kier alpha value is -6.62. The third-order valence-electron chi connectivity index (χ3n) is 10.4. The third kappa shape index (κ3) is 4.38. The van der Waals surface area contributed by atoms with Crippen LogP contribution in [0.4, 0.5) is 0 Å². The van der Waals surface area contributed by atoms with Crippen LogP contribution in [0.15, 0.2) is 182 Å². The number of fused-ring (bicyclic) bond motifs is 9. The van der Waals surface area contributed by atoms with E-state index < -0.39 is 0 Å². The summed E-state index contributed by atoms with van der Waals surface area (Å²) in [7, 11) is 0. The molecule has 0 aliphatic carbocycles. The number of para-hydroxylation sites is 3. The lowest BCUT2D eigenvalue weighted by Gasteiger charge is -2.12. The monoisotopic (exact) mass is 682 g/mol. The number of aromatic nitrogens is 2. The summed E-state index contributed by atoms with van der Waals surface area (Å²) >= 11 is 1.86. The van der Waals surface area contributed by atoms with Crippen LogP contribution >= 0.6 is 11.3 Å². The lowest BCUT2D eigenvalue weighted by Crippen LogP contribution is -1.94. The molecule has 52 heavy (non-hydrogen) atoms. The van der Waals surface area contributed by atoms with Gasteiger partial charge in [0.15, 0.2) is 0 Å². The van der Waals surface area contributed by atoms with Crippen molar-refractivity contribution in [2.45, 2.75) is 0 Å². The van der Waals surface area contributed by atoms with E-state index in [9.17, 15) is 0 Å². The van der Waals surface area contributed by atoms with Gasteiger partial charge in [-0.25, -0.2) is 0 Å². The van der Waals surface area contributed by atoms with E-state index in [0.717, 1.165) is 66.5 Å². The van der Waals surface area contributed by atoms with Gasteiger partial charge in [-0.1, -0.05) is 103 Å². The molecule has 0 atom stereocenters. The number of hydrogen-bond acceptors (Lipinski definition) is 2. The molecule has 0 radical (unpaired) electrons. The molecule has 0 N–H and O–H groups in total. The second kappa shape index (κ2) is 11.5. The first kappa shape index (κ1) is 29.1. The third-order valence-corrected chi connectivity index (χ3v) is 11.5. The Morgan fingerprint density at radius 2 is 0.865 bits per heavy atom. The van der Waals surface area contributed by atoms with Gasteiger partial charge >= 0.3 is 0 Å². The molecule has 0 saturated carbocycles. The van der Waals surface area contributed by atoms with Gasteiger partial charge in [-0.2, -0.15) is 0 Å². The van der Waals surface area contributed by atoms with E-state index in [1.807, 2.05) is 11.3 Å². The standard InChI is InChI=1S/C48H30N2OS/c1-2-14-33(15-3-1)49-39-20-7-4-18-36(39)47-41(49)22-11-24-43(47)51-44-25-12-23-42-48(44)37-19-5-8-21-40(37)50(42)34-16-10-13-31(29-34)32-27-28-46-38(30-32)35-17-6-9-26-45(35)52-46/h1-30H. The van der Waals surface area contributed by atoms with Gasteiger partial charge in [0.1, 0.15) is 11.5 Å². The Morgan fingerprint density at radius 1 is 0.346 bits per heavy atom. The molecule has 3 aromatic heterocycles. The SMILES string of the molecule is c1ccc(-n2c3ccccc3c3c(Oc4cccc5c4c4ccccc4n5-c4cccc(-c5ccc6sc7ccccc7c6c5)c4)cccc32)cc1. The molecule has 11 rings (SSSR count). The summed E-state index contributed by atoms with van der Waals surface area (Å²) in [6.07, 6.45) is 0. The lowest BCUT2D eigenvalue weighted by atomic mass is 10.0. The van der Waals surface area contributed by atoms with Crippen LogP contribution in [0.3, 0.4) is 0 Å². The summed E-state index contributed by atoms with van der Waals surface area (Å²) in [5.74, 6) is 1.67. The minimum Gasteiger partial charge on any atom is -0.456 e. The van der Waals surface area contributed by atoms with E-state index in [2.05, 4.69) is 191 Å². The fourth-order valence-corrected chi connectivity index (χ4v) is 9.21. The molecule has 4 heteroatoms. The van der Waals surface area contributed by atoms with Crippen molar-refractivity contribution in [3.63, 3.8) is 0 Å². The maximum Gasteiger partial charge on any atom is 0.137 e. The van der Waals surface area contributed by atoms with Gasteiger partial charge in [-0.05, 0) is 90.0 Å². The molecule has 0 fully saturated rings. The molecule has 0 unspecified atom stereocenters. The Balaban J connectivity index is 1.08. The van der Waals surface area contributed by atoms with Crippen LogP contribution in [0.2, 0.25) is 0 Å². The van der Waals surface area contributed by atoms with E-state index in [0.29, 0.717) is 0 Å². The maximum absolute atomic E-state index is 7.06. The minimum atomic E-state index is 0.836. The highest BCUT2D eigenvalue weighted by Crippen LogP contribution is 2.44. The first-order chi connectivity index (χ1) is 25.8. The first-order valence-corrected chi connectivity index (χ1v) is 18.4. The van der Waals surface area contributed by atoms with Crippen molar-refractivity contribution in [2.75, 3.05) is 0 Å². The molecular formula is C48H30N2OS. The van der Waals surface area contributed by atoms with Crippen LogP contribution in [-0.2, 0) is 0 Å². The normalized spacial score (nSPS) is 11.8. The zero-order valence-electron chi connectivity index (χ0n) is 28.0. The van der Waals surface area contributed by atoms with Crippen LogP contribution in [0.25, 0.3) is 86.3 Å². The van der Waals surface area contributed by atoms with E-state index in [1.54, 1.807) is 0 Å². The fraction of sp³-hybridized carbons (Fsp3) is 0. The molecule has 0 spiro atoms. The lowest BCUT2D eigenvalue weighted by molar-refractivity contribution is 0.495. The Kier molecular flexibility index (Phi) is 6.42. The van der Waals surface area contributed by atoms with Crippen molar-refractivity contribution in [3.8, 4) is 34.0 Å². The largest absolute Gasteiger partial charge is 0.456 e. The van der Waals surface area contributed by atoms with Gasteiger partial charge in [0.05, 0.1) is 32.8 Å². The number of thiophene rings is 1. The van der Waals surface area contributed by atoms with E-state index in [1.165, 1.54) is 31.3 Å². The average molecular weight is 683 g/mol. The number of hydrogen-bond donors (Lipinski definition) is 0. The van der Waals surface area contributed by atoms with Crippen molar-refractivity contribution in [3.05, 3.63) is 182 Å².